The van der Waals surface area contributed by atoms with Gasteiger partial charge < -0.3 is 11.1 Å². The zero-order chi connectivity index (χ0) is 9.72. The molecule has 0 aliphatic carbocycles. The molecule has 0 bridgehead atoms. The third kappa shape index (κ3) is 3.37. The maximum atomic E-state index is 10.8. The monoisotopic (exact) mass is 172 g/mol. The molecule has 0 fully saturated rings. The van der Waals surface area contributed by atoms with Gasteiger partial charge in [0.1, 0.15) is 6.04 Å². The molecule has 0 unspecified atom stereocenters. The molecule has 0 aromatic heterocycles. The van der Waals surface area contributed by atoms with Crippen LogP contribution in [0.3, 0.4) is 0 Å². The third-order valence-corrected chi connectivity index (χ3v) is 1.88. The van der Waals surface area contributed by atoms with Gasteiger partial charge in [-0.3, -0.25) is 9.59 Å². The van der Waals surface area contributed by atoms with Crippen LogP contribution in [0.4, 0.5) is 0 Å². The first kappa shape index (κ1) is 10.9. The highest BCUT2D eigenvalue weighted by atomic mass is 16.2. The molecule has 4 heteroatoms. The number of rotatable bonds is 4. The van der Waals surface area contributed by atoms with E-state index in [2.05, 4.69) is 5.32 Å². The Labute approximate surface area is 72.5 Å². The molecule has 0 aliphatic rings. The van der Waals surface area contributed by atoms with E-state index >= 15 is 0 Å². The Morgan fingerprint density at radius 1 is 1.50 bits per heavy atom. The number of nitrogens with two attached hydrogens (primary N) is 1. The van der Waals surface area contributed by atoms with Crippen molar-refractivity contribution in [3.05, 3.63) is 0 Å². The molecule has 2 atom stereocenters. The van der Waals surface area contributed by atoms with Crippen LogP contribution >= 0.6 is 0 Å². The summed E-state index contributed by atoms with van der Waals surface area (Å²) in [6.45, 7) is 5.20. The summed E-state index contributed by atoms with van der Waals surface area (Å²) in [6.07, 6.45) is 0.813. The number of nitrogens with one attached hydrogen (secondary N) is 1. The van der Waals surface area contributed by atoms with Gasteiger partial charge in [-0.1, -0.05) is 20.3 Å². The van der Waals surface area contributed by atoms with Crippen LogP contribution in [0.2, 0.25) is 0 Å². The molecule has 3 N–H and O–H groups in total. The Morgan fingerprint density at radius 2 is 2.00 bits per heavy atom. The third-order valence-electron chi connectivity index (χ3n) is 1.88. The predicted molar refractivity (Wildman–Crippen MR) is 46.3 cm³/mol. The van der Waals surface area contributed by atoms with Crippen molar-refractivity contribution in [2.24, 2.45) is 11.7 Å². The Morgan fingerprint density at radius 3 is 2.25 bits per heavy atom. The van der Waals surface area contributed by atoms with E-state index in [-0.39, 0.29) is 11.8 Å². The van der Waals surface area contributed by atoms with Gasteiger partial charge >= 0.3 is 0 Å². The Balaban J connectivity index is 4.22. The smallest absolute Gasteiger partial charge is 0.240 e. The van der Waals surface area contributed by atoms with Gasteiger partial charge in [0, 0.05) is 6.92 Å². The molecule has 0 aromatic carbocycles. The molecular weight excluding hydrogens is 156 g/mol. The van der Waals surface area contributed by atoms with Crippen LogP contribution in [0.25, 0.3) is 0 Å². The van der Waals surface area contributed by atoms with Gasteiger partial charge in [0.15, 0.2) is 0 Å². The fourth-order valence-electron chi connectivity index (χ4n) is 0.948. The van der Waals surface area contributed by atoms with Crippen molar-refractivity contribution in [2.75, 3.05) is 0 Å². The molecule has 0 aromatic rings. The molecule has 2 amide bonds. The number of hydrogen-bond donors (Lipinski definition) is 2. The van der Waals surface area contributed by atoms with E-state index in [9.17, 15) is 9.59 Å². The maximum absolute atomic E-state index is 10.8. The van der Waals surface area contributed by atoms with Crippen molar-refractivity contribution in [2.45, 2.75) is 33.2 Å². The fourth-order valence-corrected chi connectivity index (χ4v) is 0.948. The summed E-state index contributed by atoms with van der Waals surface area (Å²) in [5, 5.41) is 2.52. The van der Waals surface area contributed by atoms with Crippen LogP contribution in [0.1, 0.15) is 27.2 Å². The Hall–Kier alpha value is -1.06. The normalized spacial score (nSPS) is 14.9. The molecule has 0 rings (SSSR count). The van der Waals surface area contributed by atoms with Gasteiger partial charge in [-0.25, -0.2) is 0 Å². The number of amides is 2. The van der Waals surface area contributed by atoms with Crippen molar-refractivity contribution in [3.63, 3.8) is 0 Å². The van der Waals surface area contributed by atoms with Crippen molar-refractivity contribution in [1.82, 2.24) is 5.32 Å². The predicted octanol–water partition coefficient (Wildman–Crippen LogP) is 0.0225. The first-order valence-electron chi connectivity index (χ1n) is 4.05. The molecule has 0 spiro atoms. The lowest BCUT2D eigenvalue weighted by Gasteiger charge is -2.19. The van der Waals surface area contributed by atoms with E-state index < -0.39 is 11.9 Å². The summed E-state index contributed by atoms with van der Waals surface area (Å²) in [5.41, 5.74) is 5.11. The largest absolute Gasteiger partial charge is 0.368 e. The van der Waals surface area contributed by atoms with E-state index in [4.69, 9.17) is 5.73 Å². The SMILES string of the molecule is CC[C@@H](C)[C@@H](NC(C)=O)C(N)=O. The number of carbonyl (C=O) groups excluding carboxylic acids is 2. The van der Waals surface area contributed by atoms with Crippen LogP contribution in [0, 0.1) is 5.92 Å². The summed E-state index contributed by atoms with van der Waals surface area (Å²) < 4.78 is 0. The van der Waals surface area contributed by atoms with E-state index in [0.29, 0.717) is 0 Å². The van der Waals surface area contributed by atoms with Gasteiger partial charge in [0.2, 0.25) is 11.8 Å². The highest BCUT2D eigenvalue weighted by Crippen LogP contribution is 2.06. The van der Waals surface area contributed by atoms with E-state index in [1.165, 1.54) is 6.92 Å². The highest BCUT2D eigenvalue weighted by molar-refractivity contribution is 5.85. The molecular formula is C8H16N2O2. The number of primary amides is 1. The van der Waals surface area contributed by atoms with Gasteiger partial charge in [0.25, 0.3) is 0 Å². The Bertz CT molecular complexity index is 180. The fraction of sp³-hybridized carbons (Fsp3) is 0.750. The lowest BCUT2D eigenvalue weighted by Crippen LogP contribution is -2.47. The second kappa shape index (κ2) is 4.74. The highest BCUT2D eigenvalue weighted by Gasteiger charge is 2.21. The van der Waals surface area contributed by atoms with Gasteiger partial charge in [-0.2, -0.15) is 0 Å². The average Bonchev–Trinajstić information content (AvgIpc) is 1.98. The van der Waals surface area contributed by atoms with Crippen molar-refractivity contribution >= 4 is 11.8 Å². The standard InChI is InChI=1S/C8H16N2O2/c1-4-5(2)7(8(9)12)10-6(3)11/h5,7H,4H2,1-3H3,(H2,9,12)(H,10,11)/t5-,7-/m1/s1. The van der Waals surface area contributed by atoms with Crippen LogP contribution in [-0.4, -0.2) is 17.9 Å². The number of hydrogen-bond acceptors (Lipinski definition) is 2. The quantitative estimate of drug-likeness (QED) is 0.627. The minimum absolute atomic E-state index is 0.0893. The van der Waals surface area contributed by atoms with Gasteiger partial charge in [0.05, 0.1) is 0 Å². The lowest BCUT2D eigenvalue weighted by atomic mass is 9.99. The number of carbonyl (C=O) groups is 2. The summed E-state index contributed by atoms with van der Waals surface area (Å²) in [4.78, 5) is 21.5. The molecule has 0 aliphatic heterocycles. The molecule has 0 heterocycles. The summed E-state index contributed by atoms with van der Waals surface area (Å²) in [7, 11) is 0. The first-order valence-corrected chi connectivity index (χ1v) is 4.05. The molecule has 0 saturated heterocycles. The summed E-state index contributed by atoms with van der Waals surface area (Å²) in [5.74, 6) is -0.606. The molecule has 0 saturated carbocycles. The summed E-state index contributed by atoms with van der Waals surface area (Å²) >= 11 is 0. The van der Waals surface area contributed by atoms with Gasteiger partial charge in [-0.05, 0) is 5.92 Å². The average molecular weight is 172 g/mol. The van der Waals surface area contributed by atoms with Gasteiger partial charge in [-0.15, -0.1) is 0 Å². The first-order chi connectivity index (χ1) is 5.49. The zero-order valence-corrected chi connectivity index (χ0v) is 7.76. The summed E-state index contributed by atoms with van der Waals surface area (Å²) in [6, 6.07) is -0.535. The van der Waals surface area contributed by atoms with Crippen molar-refractivity contribution in [1.29, 1.82) is 0 Å². The van der Waals surface area contributed by atoms with Crippen LogP contribution < -0.4 is 11.1 Å². The van der Waals surface area contributed by atoms with Crippen molar-refractivity contribution < 1.29 is 9.59 Å². The van der Waals surface area contributed by atoms with Crippen LogP contribution in [0.5, 0.6) is 0 Å². The molecule has 0 radical (unpaired) electrons. The second-order valence-corrected chi connectivity index (χ2v) is 2.97. The Kier molecular flexibility index (Phi) is 4.33. The van der Waals surface area contributed by atoms with E-state index in [1.807, 2.05) is 13.8 Å². The van der Waals surface area contributed by atoms with E-state index in [1.54, 1.807) is 0 Å². The van der Waals surface area contributed by atoms with Crippen LogP contribution in [0.15, 0.2) is 0 Å². The lowest BCUT2D eigenvalue weighted by molar-refractivity contribution is -0.127. The maximum Gasteiger partial charge on any atom is 0.240 e. The molecule has 4 nitrogen and oxygen atoms in total. The van der Waals surface area contributed by atoms with Crippen LogP contribution in [-0.2, 0) is 9.59 Å². The topological polar surface area (TPSA) is 72.2 Å². The second-order valence-electron chi connectivity index (χ2n) is 2.97. The minimum atomic E-state index is -0.535. The van der Waals surface area contributed by atoms with Crippen molar-refractivity contribution in [3.8, 4) is 0 Å². The minimum Gasteiger partial charge on any atom is -0.368 e. The zero-order valence-electron chi connectivity index (χ0n) is 7.76. The molecule has 12 heavy (non-hydrogen) atoms. The molecule has 70 valence electrons. The van der Waals surface area contributed by atoms with E-state index in [0.717, 1.165) is 6.42 Å².